The highest BCUT2D eigenvalue weighted by molar-refractivity contribution is 5.22. The average molecular weight is 247 g/mol. The van der Waals surface area contributed by atoms with Crippen LogP contribution in [0, 0.1) is 11.8 Å². The third-order valence-electron chi connectivity index (χ3n) is 4.42. The minimum Gasteiger partial charge on any atom is -0.316 e. The van der Waals surface area contributed by atoms with E-state index in [0.717, 1.165) is 0 Å². The van der Waals surface area contributed by atoms with Gasteiger partial charge in [0.05, 0.1) is 0 Å². The van der Waals surface area contributed by atoms with Crippen molar-refractivity contribution >= 4 is 0 Å². The van der Waals surface area contributed by atoms with Crippen molar-refractivity contribution in [3.05, 3.63) is 35.9 Å². The minimum absolute atomic E-state index is 0.562. The summed E-state index contributed by atoms with van der Waals surface area (Å²) in [6.07, 6.45) is 2.46. The summed E-state index contributed by atoms with van der Waals surface area (Å²) in [5.41, 5.74) is 1.48. The van der Waals surface area contributed by atoms with E-state index in [9.17, 15) is 0 Å². The molecule has 1 aromatic rings. The third-order valence-corrected chi connectivity index (χ3v) is 4.42. The Morgan fingerprint density at radius 3 is 1.94 bits per heavy atom. The Bertz CT molecular complexity index is 320. The molecule has 4 atom stereocenters. The van der Waals surface area contributed by atoms with Gasteiger partial charge >= 0.3 is 0 Å². The topological polar surface area (TPSA) is 12.0 Å². The molecule has 0 spiro atoms. The van der Waals surface area contributed by atoms with E-state index >= 15 is 0 Å². The molecule has 1 aromatic carbocycles. The normalized spacial score (nSPS) is 18.1. The predicted octanol–water partition coefficient (Wildman–Crippen LogP) is 4.45. The molecular weight excluding hydrogens is 218 g/mol. The van der Waals surface area contributed by atoms with E-state index in [1.807, 2.05) is 0 Å². The van der Waals surface area contributed by atoms with Gasteiger partial charge in [-0.15, -0.1) is 0 Å². The van der Waals surface area contributed by atoms with Crippen LogP contribution in [0.3, 0.4) is 0 Å². The molecular formula is C17H29N. The Labute approximate surface area is 113 Å². The first-order chi connectivity index (χ1) is 8.65. The van der Waals surface area contributed by atoms with Gasteiger partial charge in [-0.1, -0.05) is 70.9 Å². The van der Waals surface area contributed by atoms with Crippen LogP contribution in [0.5, 0.6) is 0 Å². The van der Waals surface area contributed by atoms with Crippen molar-refractivity contribution in [2.75, 3.05) is 7.05 Å². The van der Waals surface area contributed by atoms with Crippen LogP contribution in [0.15, 0.2) is 30.3 Å². The van der Waals surface area contributed by atoms with Crippen molar-refractivity contribution in [1.82, 2.24) is 5.32 Å². The van der Waals surface area contributed by atoms with Crippen LogP contribution >= 0.6 is 0 Å². The summed E-state index contributed by atoms with van der Waals surface area (Å²) in [4.78, 5) is 0. The zero-order valence-electron chi connectivity index (χ0n) is 12.6. The maximum Gasteiger partial charge on any atom is 0.0161 e. The van der Waals surface area contributed by atoms with E-state index in [-0.39, 0.29) is 0 Å². The zero-order valence-corrected chi connectivity index (χ0v) is 12.6. The molecule has 0 amide bonds. The highest BCUT2D eigenvalue weighted by atomic mass is 14.9. The summed E-state index contributed by atoms with van der Waals surface area (Å²) in [5, 5.41) is 3.57. The smallest absolute Gasteiger partial charge is 0.0161 e. The molecule has 0 saturated carbocycles. The van der Waals surface area contributed by atoms with Crippen molar-refractivity contribution in [1.29, 1.82) is 0 Å². The van der Waals surface area contributed by atoms with Gasteiger partial charge in [-0.2, -0.15) is 0 Å². The summed E-state index contributed by atoms with van der Waals surface area (Å²) >= 11 is 0. The molecule has 0 fully saturated rings. The number of rotatable bonds is 7. The van der Waals surface area contributed by atoms with Gasteiger partial charge in [0.15, 0.2) is 0 Å². The summed E-state index contributed by atoms with van der Waals surface area (Å²) in [5.74, 6) is 2.02. The molecule has 4 unspecified atom stereocenters. The predicted molar refractivity (Wildman–Crippen MR) is 80.9 cm³/mol. The van der Waals surface area contributed by atoms with Gasteiger partial charge in [0.2, 0.25) is 0 Å². The number of hydrogen-bond acceptors (Lipinski definition) is 1. The lowest BCUT2D eigenvalue weighted by molar-refractivity contribution is 0.273. The summed E-state index contributed by atoms with van der Waals surface area (Å²) in [7, 11) is 2.11. The number of hydrogen-bond donors (Lipinski definition) is 1. The van der Waals surface area contributed by atoms with Crippen LogP contribution in [0.4, 0.5) is 0 Å². The fourth-order valence-corrected chi connectivity index (χ4v) is 2.89. The number of nitrogens with one attached hydrogen (secondary N) is 1. The largest absolute Gasteiger partial charge is 0.316 e. The average Bonchev–Trinajstić information content (AvgIpc) is 2.43. The minimum atomic E-state index is 0.562. The molecule has 0 heterocycles. The molecule has 0 aliphatic carbocycles. The van der Waals surface area contributed by atoms with Crippen LogP contribution < -0.4 is 5.32 Å². The lowest BCUT2D eigenvalue weighted by Crippen LogP contribution is -2.40. The Kier molecular flexibility index (Phi) is 6.42. The molecule has 1 nitrogen and oxygen atoms in total. The Hall–Kier alpha value is -0.820. The van der Waals surface area contributed by atoms with Crippen LogP contribution in [0.2, 0.25) is 0 Å². The molecule has 1 rings (SSSR count). The second-order valence-electron chi connectivity index (χ2n) is 5.52. The van der Waals surface area contributed by atoms with E-state index in [4.69, 9.17) is 0 Å². The highest BCUT2D eigenvalue weighted by Gasteiger charge is 2.29. The standard InChI is InChI=1S/C17H29N/c1-6-13(3)16(15-11-9-8-10-12-15)17(18-5)14(4)7-2/h8-14,16-18H,6-7H2,1-5H3. The van der Waals surface area contributed by atoms with Crippen LogP contribution in [0.1, 0.15) is 52.0 Å². The van der Waals surface area contributed by atoms with Gasteiger partial charge in [0, 0.05) is 12.0 Å². The monoisotopic (exact) mass is 247 g/mol. The first kappa shape index (κ1) is 15.2. The van der Waals surface area contributed by atoms with E-state index in [0.29, 0.717) is 23.8 Å². The Morgan fingerprint density at radius 2 is 1.50 bits per heavy atom. The molecule has 0 bridgehead atoms. The van der Waals surface area contributed by atoms with E-state index in [1.165, 1.54) is 18.4 Å². The van der Waals surface area contributed by atoms with Crippen LogP contribution in [-0.4, -0.2) is 13.1 Å². The Morgan fingerprint density at radius 1 is 0.944 bits per heavy atom. The second-order valence-corrected chi connectivity index (χ2v) is 5.52. The van der Waals surface area contributed by atoms with Gasteiger partial charge in [0.25, 0.3) is 0 Å². The molecule has 102 valence electrons. The van der Waals surface area contributed by atoms with Gasteiger partial charge in [-0.3, -0.25) is 0 Å². The van der Waals surface area contributed by atoms with Crippen LogP contribution in [-0.2, 0) is 0 Å². The molecule has 18 heavy (non-hydrogen) atoms. The molecule has 0 saturated heterocycles. The molecule has 1 N–H and O–H groups in total. The van der Waals surface area contributed by atoms with Crippen LogP contribution in [0.25, 0.3) is 0 Å². The molecule has 0 aliphatic rings. The lowest BCUT2D eigenvalue weighted by Gasteiger charge is -2.35. The number of benzene rings is 1. The van der Waals surface area contributed by atoms with E-state index in [2.05, 4.69) is 70.4 Å². The molecule has 1 heteroatoms. The SMILES string of the molecule is CCC(C)C(NC)C(c1ccccc1)C(C)CC. The maximum absolute atomic E-state index is 3.57. The lowest BCUT2D eigenvalue weighted by atomic mass is 9.75. The van der Waals surface area contributed by atoms with E-state index < -0.39 is 0 Å². The highest BCUT2D eigenvalue weighted by Crippen LogP contribution is 2.34. The number of likely N-dealkylation sites (N-methyl/N-ethyl adjacent to an activating group) is 1. The summed E-state index contributed by atoms with van der Waals surface area (Å²) in [6, 6.07) is 11.6. The van der Waals surface area contributed by atoms with Gasteiger partial charge in [-0.05, 0) is 24.4 Å². The third kappa shape index (κ3) is 3.58. The van der Waals surface area contributed by atoms with Gasteiger partial charge < -0.3 is 5.32 Å². The first-order valence-electron chi connectivity index (χ1n) is 7.37. The summed E-state index contributed by atoms with van der Waals surface area (Å²) < 4.78 is 0. The molecule has 0 radical (unpaired) electrons. The first-order valence-corrected chi connectivity index (χ1v) is 7.37. The summed E-state index contributed by atoms with van der Waals surface area (Å²) in [6.45, 7) is 9.32. The van der Waals surface area contributed by atoms with Crippen molar-refractivity contribution in [2.24, 2.45) is 11.8 Å². The Balaban J connectivity index is 3.04. The van der Waals surface area contributed by atoms with Crippen molar-refractivity contribution in [2.45, 2.75) is 52.5 Å². The van der Waals surface area contributed by atoms with E-state index in [1.54, 1.807) is 0 Å². The van der Waals surface area contributed by atoms with Gasteiger partial charge in [-0.25, -0.2) is 0 Å². The fourth-order valence-electron chi connectivity index (χ4n) is 2.89. The maximum atomic E-state index is 3.57. The van der Waals surface area contributed by atoms with Gasteiger partial charge in [0.1, 0.15) is 0 Å². The second kappa shape index (κ2) is 7.58. The zero-order chi connectivity index (χ0) is 13.5. The molecule has 0 aromatic heterocycles. The molecule has 0 aliphatic heterocycles. The van der Waals surface area contributed by atoms with Crippen molar-refractivity contribution < 1.29 is 0 Å². The fraction of sp³-hybridized carbons (Fsp3) is 0.647. The van der Waals surface area contributed by atoms with Crippen molar-refractivity contribution in [3.63, 3.8) is 0 Å². The quantitative estimate of drug-likeness (QED) is 0.750. The van der Waals surface area contributed by atoms with Crippen molar-refractivity contribution in [3.8, 4) is 0 Å².